The van der Waals surface area contributed by atoms with Crippen molar-refractivity contribution in [2.24, 2.45) is 5.73 Å². The zero-order valence-corrected chi connectivity index (χ0v) is 8.00. The molecule has 2 N–H and O–H groups in total. The Morgan fingerprint density at radius 1 is 1.33 bits per heavy atom. The van der Waals surface area contributed by atoms with Crippen molar-refractivity contribution in [3.05, 3.63) is 36.5 Å². The van der Waals surface area contributed by atoms with E-state index in [2.05, 4.69) is 10.3 Å². The van der Waals surface area contributed by atoms with Gasteiger partial charge in [0.25, 0.3) is 0 Å². The predicted molar refractivity (Wildman–Crippen MR) is 54.7 cm³/mol. The summed E-state index contributed by atoms with van der Waals surface area (Å²) in [5.74, 6) is -0.431. The maximum absolute atomic E-state index is 10.6. The van der Waals surface area contributed by atoms with Gasteiger partial charge in [-0.25, -0.2) is 4.68 Å². The Labute approximate surface area is 86.5 Å². The monoisotopic (exact) mass is 202 g/mol. The number of primary amides is 1. The SMILES string of the molecule is NC(=O)Cn1cc(-c2ccccc2)nn1. The molecule has 2 rings (SSSR count). The van der Waals surface area contributed by atoms with E-state index in [0.717, 1.165) is 11.3 Å². The molecule has 0 bridgehead atoms. The summed E-state index contributed by atoms with van der Waals surface area (Å²) < 4.78 is 1.42. The quantitative estimate of drug-likeness (QED) is 0.784. The summed E-state index contributed by atoms with van der Waals surface area (Å²) >= 11 is 0. The molecule has 0 fully saturated rings. The molecule has 0 spiro atoms. The number of benzene rings is 1. The first-order valence-corrected chi connectivity index (χ1v) is 4.49. The molecule has 0 unspecified atom stereocenters. The topological polar surface area (TPSA) is 73.8 Å². The highest BCUT2D eigenvalue weighted by Crippen LogP contribution is 2.14. The van der Waals surface area contributed by atoms with Crippen LogP contribution in [-0.4, -0.2) is 20.9 Å². The molecule has 1 amide bonds. The molecular weight excluding hydrogens is 192 g/mol. The van der Waals surface area contributed by atoms with Gasteiger partial charge in [-0.05, 0) is 0 Å². The highest BCUT2D eigenvalue weighted by Gasteiger charge is 2.04. The van der Waals surface area contributed by atoms with Gasteiger partial charge in [0.1, 0.15) is 12.2 Å². The van der Waals surface area contributed by atoms with Gasteiger partial charge in [0, 0.05) is 5.56 Å². The maximum Gasteiger partial charge on any atom is 0.239 e. The Morgan fingerprint density at radius 2 is 2.07 bits per heavy atom. The molecule has 5 heteroatoms. The fourth-order valence-corrected chi connectivity index (χ4v) is 1.28. The zero-order chi connectivity index (χ0) is 10.7. The van der Waals surface area contributed by atoms with Crippen LogP contribution in [0.3, 0.4) is 0 Å². The Bertz CT molecular complexity index is 463. The number of amides is 1. The van der Waals surface area contributed by atoms with Crippen LogP contribution in [-0.2, 0) is 11.3 Å². The van der Waals surface area contributed by atoms with E-state index in [-0.39, 0.29) is 6.54 Å². The fraction of sp³-hybridized carbons (Fsp3) is 0.100. The van der Waals surface area contributed by atoms with Gasteiger partial charge in [0.15, 0.2) is 0 Å². The van der Waals surface area contributed by atoms with Gasteiger partial charge >= 0.3 is 0 Å². The average molecular weight is 202 g/mol. The number of hydrogen-bond acceptors (Lipinski definition) is 3. The third-order valence-electron chi connectivity index (χ3n) is 1.93. The van der Waals surface area contributed by atoms with Crippen LogP contribution in [0.2, 0.25) is 0 Å². The summed E-state index contributed by atoms with van der Waals surface area (Å²) in [6, 6.07) is 9.62. The summed E-state index contributed by atoms with van der Waals surface area (Å²) in [6.07, 6.45) is 1.69. The van der Waals surface area contributed by atoms with E-state index < -0.39 is 5.91 Å². The lowest BCUT2D eigenvalue weighted by Crippen LogP contribution is -2.18. The molecule has 0 radical (unpaired) electrons. The molecule has 0 aliphatic heterocycles. The number of carbonyl (C=O) groups excluding carboxylic acids is 1. The molecule has 0 atom stereocenters. The number of nitrogens with two attached hydrogens (primary N) is 1. The molecule has 15 heavy (non-hydrogen) atoms. The Kier molecular flexibility index (Phi) is 2.45. The van der Waals surface area contributed by atoms with Gasteiger partial charge in [0.2, 0.25) is 5.91 Å². The van der Waals surface area contributed by atoms with Crippen molar-refractivity contribution in [2.75, 3.05) is 0 Å². The van der Waals surface area contributed by atoms with E-state index in [0.29, 0.717) is 0 Å². The molecule has 0 saturated carbocycles. The second-order valence-corrected chi connectivity index (χ2v) is 3.13. The third-order valence-corrected chi connectivity index (χ3v) is 1.93. The Hall–Kier alpha value is -2.17. The lowest BCUT2D eigenvalue weighted by molar-refractivity contribution is -0.118. The molecule has 0 aliphatic rings. The zero-order valence-electron chi connectivity index (χ0n) is 8.00. The molecule has 1 aromatic heterocycles. The molecule has 0 saturated heterocycles. The van der Waals surface area contributed by atoms with Crippen LogP contribution in [0.1, 0.15) is 0 Å². The van der Waals surface area contributed by atoms with Crippen molar-refractivity contribution in [2.45, 2.75) is 6.54 Å². The van der Waals surface area contributed by atoms with Crippen molar-refractivity contribution >= 4 is 5.91 Å². The average Bonchev–Trinajstić information content (AvgIpc) is 2.67. The van der Waals surface area contributed by atoms with Gasteiger partial charge in [-0.3, -0.25) is 4.79 Å². The van der Waals surface area contributed by atoms with Crippen LogP contribution in [0.5, 0.6) is 0 Å². The normalized spacial score (nSPS) is 10.1. The van der Waals surface area contributed by atoms with Crippen LogP contribution in [0.25, 0.3) is 11.3 Å². The number of aromatic nitrogens is 3. The van der Waals surface area contributed by atoms with Crippen molar-refractivity contribution in [1.29, 1.82) is 0 Å². The molecule has 0 aliphatic carbocycles. The van der Waals surface area contributed by atoms with Crippen molar-refractivity contribution in [3.63, 3.8) is 0 Å². The Morgan fingerprint density at radius 3 is 2.73 bits per heavy atom. The minimum atomic E-state index is -0.431. The molecular formula is C10H10N4O. The number of carbonyl (C=O) groups is 1. The van der Waals surface area contributed by atoms with E-state index in [1.54, 1.807) is 6.20 Å². The first-order chi connectivity index (χ1) is 7.25. The largest absolute Gasteiger partial charge is 0.368 e. The number of nitrogens with zero attached hydrogens (tertiary/aromatic N) is 3. The number of rotatable bonds is 3. The summed E-state index contributed by atoms with van der Waals surface area (Å²) in [7, 11) is 0. The summed E-state index contributed by atoms with van der Waals surface area (Å²) in [4.78, 5) is 10.6. The van der Waals surface area contributed by atoms with Gasteiger partial charge in [-0.1, -0.05) is 35.5 Å². The highest BCUT2D eigenvalue weighted by atomic mass is 16.1. The molecule has 1 heterocycles. The smallest absolute Gasteiger partial charge is 0.239 e. The second-order valence-electron chi connectivity index (χ2n) is 3.13. The number of hydrogen-bond donors (Lipinski definition) is 1. The Balaban J connectivity index is 2.24. The van der Waals surface area contributed by atoms with E-state index in [9.17, 15) is 4.79 Å². The summed E-state index contributed by atoms with van der Waals surface area (Å²) in [5.41, 5.74) is 6.74. The molecule has 2 aromatic rings. The summed E-state index contributed by atoms with van der Waals surface area (Å²) in [6.45, 7) is 0.0554. The van der Waals surface area contributed by atoms with Gasteiger partial charge < -0.3 is 5.73 Å². The van der Waals surface area contributed by atoms with Crippen molar-refractivity contribution in [1.82, 2.24) is 15.0 Å². The molecule has 76 valence electrons. The standard InChI is InChI=1S/C10H10N4O/c11-10(15)7-14-6-9(12-13-14)8-4-2-1-3-5-8/h1-6H,7H2,(H2,11,15). The predicted octanol–water partition coefficient (Wildman–Crippen LogP) is 0.430. The van der Waals surface area contributed by atoms with Crippen LogP contribution in [0.4, 0.5) is 0 Å². The lowest BCUT2D eigenvalue weighted by atomic mass is 10.2. The second kappa shape index (κ2) is 3.91. The highest BCUT2D eigenvalue weighted by molar-refractivity contribution is 5.73. The lowest BCUT2D eigenvalue weighted by Gasteiger charge is -1.93. The fourth-order valence-electron chi connectivity index (χ4n) is 1.28. The third kappa shape index (κ3) is 2.19. The van der Waals surface area contributed by atoms with Crippen LogP contribution >= 0.6 is 0 Å². The van der Waals surface area contributed by atoms with E-state index >= 15 is 0 Å². The van der Waals surface area contributed by atoms with Crippen molar-refractivity contribution in [3.8, 4) is 11.3 Å². The van der Waals surface area contributed by atoms with Gasteiger partial charge in [-0.15, -0.1) is 5.10 Å². The van der Waals surface area contributed by atoms with Crippen LogP contribution < -0.4 is 5.73 Å². The molecule has 5 nitrogen and oxygen atoms in total. The van der Waals surface area contributed by atoms with E-state index in [1.807, 2.05) is 30.3 Å². The van der Waals surface area contributed by atoms with Gasteiger partial charge in [-0.2, -0.15) is 0 Å². The first kappa shape index (κ1) is 9.39. The maximum atomic E-state index is 10.6. The van der Waals surface area contributed by atoms with E-state index in [4.69, 9.17) is 5.73 Å². The first-order valence-electron chi connectivity index (χ1n) is 4.49. The van der Waals surface area contributed by atoms with Gasteiger partial charge in [0.05, 0.1) is 6.20 Å². The molecule has 1 aromatic carbocycles. The van der Waals surface area contributed by atoms with Crippen LogP contribution in [0, 0.1) is 0 Å². The van der Waals surface area contributed by atoms with Crippen LogP contribution in [0.15, 0.2) is 36.5 Å². The summed E-state index contributed by atoms with van der Waals surface area (Å²) in [5, 5.41) is 7.74. The van der Waals surface area contributed by atoms with Crippen molar-refractivity contribution < 1.29 is 4.79 Å². The minimum absolute atomic E-state index is 0.0554. The van der Waals surface area contributed by atoms with E-state index in [1.165, 1.54) is 4.68 Å². The minimum Gasteiger partial charge on any atom is -0.368 e.